The highest BCUT2D eigenvalue weighted by molar-refractivity contribution is 5.93. The number of nitrogens with zero attached hydrogens (tertiary/aromatic N) is 6. The number of alkyl halides is 1. The summed E-state index contributed by atoms with van der Waals surface area (Å²) in [5, 5.41) is 6.30. The molecule has 2 aromatic heterocycles. The molecule has 1 aliphatic carbocycles. The first kappa shape index (κ1) is 26.0. The Bertz CT molecular complexity index is 1310. The number of carbonyl (C=O) groups excluding carboxylic acids is 1. The van der Waals surface area contributed by atoms with Gasteiger partial charge in [0.05, 0.1) is 18.8 Å². The highest BCUT2D eigenvalue weighted by Gasteiger charge is 2.25. The van der Waals surface area contributed by atoms with Crippen molar-refractivity contribution < 1.29 is 18.7 Å². The molecule has 2 N–H and O–H groups in total. The lowest BCUT2D eigenvalue weighted by Gasteiger charge is -2.33. The summed E-state index contributed by atoms with van der Waals surface area (Å²) in [6, 6.07) is 5.56. The van der Waals surface area contributed by atoms with Crippen molar-refractivity contribution in [2.24, 2.45) is 4.99 Å². The van der Waals surface area contributed by atoms with Gasteiger partial charge >= 0.3 is 6.03 Å². The van der Waals surface area contributed by atoms with Gasteiger partial charge in [0.25, 0.3) is 0 Å². The Morgan fingerprint density at radius 2 is 2.00 bits per heavy atom. The number of rotatable bonds is 8. The smallest absolute Gasteiger partial charge is 0.354 e. The number of hydrogen-bond acceptors (Lipinski definition) is 9. The summed E-state index contributed by atoms with van der Waals surface area (Å²) < 4.78 is 26.5. The molecule has 3 aromatic rings. The number of aromatic nitrogens is 4. The second-order valence-electron chi connectivity index (χ2n) is 9.65. The zero-order valence-electron chi connectivity index (χ0n) is 21.7. The van der Waals surface area contributed by atoms with Crippen molar-refractivity contribution >= 4 is 47.1 Å². The van der Waals surface area contributed by atoms with Crippen molar-refractivity contribution in [3.63, 3.8) is 0 Å². The van der Waals surface area contributed by atoms with Crippen LogP contribution < -0.4 is 15.5 Å². The van der Waals surface area contributed by atoms with Gasteiger partial charge in [0.2, 0.25) is 5.95 Å². The third-order valence-corrected chi connectivity index (χ3v) is 7.15. The molecule has 0 bridgehead atoms. The lowest BCUT2D eigenvalue weighted by molar-refractivity contribution is 0.0415. The van der Waals surface area contributed by atoms with Gasteiger partial charge in [-0.1, -0.05) is 0 Å². The van der Waals surface area contributed by atoms with Crippen molar-refractivity contribution in [1.82, 2.24) is 19.5 Å². The SMILES string of the molecule is C=NC(=O)n1cnc2c(NC)nc(Nc3cc(CO[C@H]4CC[C@@H](F)C4)cc(N4CCC(OC)CC4)c3)nc21. The van der Waals surface area contributed by atoms with Gasteiger partial charge in [0.15, 0.2) is 17.0 Å². The quantitative estimate of drug-likeness (QED) is 0.416. The van der Waals surface area contributed by atoms with Crippen molar-refractivity contribution in [3.05, 3.63) is 30.1 Å². The van der Waals surface area contributed by atoms with Crippen molar-refractivity contribution in [3.8, 4) is 0 Å². The number of carbonyl (C=O) groups is 1. The molecule has 1 saturated heterocycles. The number of benzene rings is 1. The van der Waals surface area contributed by atoms with Gasteiger partial charge in [-0.3, -0.25) is 0 Å². The molecule has 12 heteroatoms. The standard InChI is InChI=1S/C26H33FN8O3/c1-28-23-22-24(35(15-30-22)26(36)29-2)33-25(32-23)31-18-10-16(14-38-21-5-4-17(27)12-21)11-19(13-18)34-8-6-20(37-3)7-9-34/h10-11,13,15,17,20-21H,2,4-9,12,14H2,1,3H3,(H2,28,31,32,33)/t17-,21+/m1/s1. The molecule has 1 aliphatic heterocycles. The number of methoxy groups -OCH3 is 1. The van der Waals surface area contributed by atoms with E-state index in [1.54, 1.807) is 14.2 Å². The minimum Gasteiger partial charge on any atom is -0.381 e. The number of imidazole rings is 1. The third kappa shape index (κ3) is 5.60. The minimum atomic E-state index is -0.782. The zero-order chi connectivity index (χ0) is 26.6. The van der Waals surface area contributed by atoms with Gasteiger partial charge in [0.1, 0.15) is 12.5 Å². The van der Waals surface area contributed by atoms with Gasteiger partial charge in [-0.25, -0.2) is 23.7 Å². The lowest BCUT2D eigenvalue weighted by Crippen LogP contribution is -2.36. The van der Waals surface area contributed by atoms with Crippen LogP contribution in [0, 0.1) is 0 Å². The van der Waals surface area contributed by atoms with E-state index in [0.717, 1.165) is 49.3 Å². The van der Waals surface area contributed by atoms with E-state index in [0.29, 0.717) is 42.4 Å². The third-order valence-electron chi connectivity index (χ3n) is 7.15. The van der Waals surface area contributed by atoms with E-state index in [-0.39, 0.29) is 12.2 Å². The van der Waals surface area contributed by atoms with Gasteiger partial charge in [-0.05, 0) is 56.2 Å². The molecule has 0 spiro atoms. The van der Waals surface area contributed by atoms with Crippen molar-refractivity contribution in [2.45, 2.75) is 57.1 Å². The first-order valence-corrected chi connectivity index (χ1v) is 12.9. The van der Waals surface area contributed by atoms with Crippen LogP contribution in [0.25, 0.3) is 11.2 Å². The molecule has 1 saturated carbocycles. The first-order valence-electron chi connectivity index (χ1n) is 12.9. The molecular formula is C26H33FN8O3. The minimum absolute atomic E-state index is 0.0669. The predicted molar refractivity (Wildman–Crippen MR) is 145 cm³/mol. The fourth-order valence-electron chi connectivity index (χ4n) is 5.09. The Kier molecular flexibility index (Phi) is 7.79. The van der Waals surface area contributed by atoms with E-state index in [2.05, 4.69) is 48.3 Å². The molecule has 2 atom stereocenters. The average molecular weight is 525 g/mol. The fraction of sp³-hybridized carbons (Fsp3) is 0.500. The number of anilines is 4. The molecule has 2 fully saturated rings. The fourth-order valence-corrected chi connectivity index (χ4v) is 5.09. The van der Waals surface area contributed by atoms with Crippen LogP contribution in [0.3, 0.4) is 0 Å². The number of ether oxygens (including phenoxy) is 2. The van der Waals surface area contributed by atoms with Crippen LogP contribution in [-0.4, -0.2) is 77.9 Å². The Labute approximate surface area is 220 Å². The average Bonchev–Trinajstić information content (AvgIpc) is 3.57. The molecule has 202 valence electrons. The molecule has 38 heavy (non-hydrogen) atoms. The maximum Gasteiger partial charge on any atom is 0.354 e. The molecule has 3 heterocycles. The number of amides is 1. The maximum absolute atomic E-state index is 13.7. The van der Waals surface area contributed by atoms with Crippen LogP contribution in [0.15, 0.2) is 29.5 Å². The van der Waals surface area contributed by atoms with Crippen LogP contribution in [0.5, 0.6) is 0 Å². The number of halogens is 1. The van der Waals surface area contributed by atoms with Crippen LogP contribution in [0.4, 0.5) is 32.3 Å². The highest BCUT2D eigenvalue weighted by atomic mass is 19.1. The Morgan fingerprint density at radius 1 is 1.18 bits per heavy atom. The molecule has 0 radical (unpaired) electrons. The number of fused-ring (bicyclic) bond motifs is 1. The maximum atomic E-state index is 13.7. The van der Waals surface area contributed by atoms with Crippen LogP contribution >= 0.6 is 0 Å². The van der Waals surface area contributed by atoms with E-state index in [9.17, 15) is 9.18 Å². The predicted octanol–water partition coefficient (Wildman–Crippen LogP) is 4.30. The first-order chi connectivity index (χ1) is 18.5. The van der Waals surface area contributed by atoms with Gasteiger partial charge in [0, 0.05) is 45.0 Å². The summed E-state index contributed by atoms with van der Waals surface area (Å²) in [4.78, 5) is 31.4. The number of aliphatic imine (C=N–C) groups is 1. The van der Waals surface area contributed by atoms with E-state index in [1.807, 2.05) is 12.1 Å². The molecule has 5 rings (SSSR count). The Morgan fingerprint density at radius 3 is 2.68 bits per heavy atom. The van der Waals surface area contributed by atoms with Crippen LogP contribution in [-0.2, 0) is 16.1 Å². The summed E-state index contributed by atoms with van der Waals surface area (Å²) in [7, 11) is 3.48. The van der Waals surface area contributed by atoms with E-state index >= 15 is 0 Å². The van der Waals surface area contributed by atoms with Crippen molar-refractivity contribution in [2.75, 3.05) is 42.8 Å². The van der Waals surface area contributed by atoms with E-state index in [1.165, 1.54) is 10.9 Å². The molecule has 2 aliphatic rings. The molecule has 1 aromatic carbocycles. The Hall–Kier alpha value is -3.64. The summed E-state index contributed by atoms with van der Waals surface area (Å²) >= 11 is 0. The van der Waals surface area contributed by atoms with Crippen LogP contribution in [0.1, 0.15) is 37.7 Å². The second-order valence-corrected chi connectivity index (χ2v) is 9.65. The van der Waals surface area contributed by atoms with E-state index in [4.69, 9.17) is 9.47 Å². The number of hydrogen-bond donors (Lipinski definition) is 2. The number of piperidine rings is 1. The number of nitrogens with one attached hydrogen (secondary N) is 2. The second kappa shape index (κ2) is 11.4. The summed E-state index contributed by atoms with van der Waals surface area (Å²) in [5.74, 6) is 0.759. The van der Waals surface area contributed by atoms with Crippen LogP contribution in [0.2, 0.25) is 0 Å². The molecule has 11 nitrogen and oxygen atoms in total. The lowest BCUT2D eigenvalue weighted by atomic mass is 10.1. The molecule has 1 amide bonds. The normalized spacial score (nSPS) is 20.1. The highest BCUT2D eigenvalue weighted by Crippen LogP contribution is 2.30. The van der Waals surface area contributed by atoms with Gasteiger partial charge in [-0.15, -0.1) is 0 Å². The Balaban J connectivity index is 1.44. The van der Waals surface area contributed by atoms with Gasteiger partial charge in [-0.2, -0.15) is 9.97 Å². The monoisotopic (exact) mass is 524 g/mol. The summed E-state index contributed by atoms with van der Waals surface area (Å²) in [6.07, 6.45) is 4.40. The molecular weight excluding hydrogens is 491 g/mol. The summed E-state index contributed by atoms with van der Waals surface area (Å²) in [6.45, 7) is 5.43. The van der Waals surface area contributed by atoms with E-state index < -0.39 is 12.2 Å². The zero-order valence-corrected chi connectivity index (χ0v) is 21.7. The van der Waals surface area contributed by atoms with Gasteiger partial charge < -0.3 is 25.0 Å². The topological polar surface area (TPSA) is 119 Å². The molecule has 0 unspecified atom stereocenters. The largest absolute Gasteiger partial charge is 0.381 e. The summed E-state index contributed by atoms with van der Waals surface area (Å²) in [5.41, 5.74) is 3.54. The van der Waals surface area contributed by atoms with Crippen molar-refractivity contribution in [1.29, 1.82) is 0 Å².